The summed E-state index contributed by atoms with van der Waals surface area (Å²) in [6, 6.07) is 2.92. The van der Waals surface area contributed by atoms with Crippen LogP contribution in [0.4, 0.5) is 4.79 Å². The van der Waals surface area contributed by atoms with Crippen LogP contribution < -0.4 is 4.74 Å². The van der Waals surface area contributed by atoms with Gasteiger partial charge >= 0.3 is 6.16 Å². The number of rotatable bonds is 1. The quantitative estimate of drug-likeness (QED) is 0.562. The zero-order valence-electron chi connectivity index (χ0n) is 11.0. The molecule has 0 aliphatic rings. The van der Waals surface area contributed by atoms with Gasteiger partial charge in [0.25, 0.3) is 0 Å². The van der Waals surface area contributed by atoms with Gasteiger partial charge in [-0.15, -0.1) is 0 Å². The molecule has 0 saturated carbocycles. The van der Waals surface area contributed by atoms with E-state index in [1.165, 1.54) is 6.07 Å². The van der Waals surface area contributed by atoms with E-state index < -0.39 is 15.5 Å². The van der Waals surface area contributed by atoms with Gasteiger partial charge in [-0.2, -0.15) is 0 Å². The van der Waals surface area contributed by atoms with Crippen molar-refractivity contribution < 1.29 is 14.3 Å². The number of hydrogen-bond donors (Lipinski definition) is 0. The molecule has 1 heterocycles. The number of pyridine rings is 1. The molecule has 0 atom stereocenters. The van der Waals surface area contributed by atoms with Gasteiger partial charge in [0.05, 0.1) is 5.69 Å². The summed E-state index contributed by atoms with van der Waals surface area (Å²) in [7, 11) is 0. The molecule has 106 valence electrons. The van der Waals surface area contributed by atoms with E-state index in [4.69, 9.17) is 44.3 Å². The number of halogens is 3. The minimum atomic E-state index is -1.68. The lowest BCUT2D eigenvalue weighted by Gasteiger charge is -2.19. The fourth-order valence-electron chi connectivity index (χ4n) is 1.21. The monoisotopic (exact) mass is 325 g/mol. The fourth-order valence-corrected chi connectivity index (χ4v) is 1.50. The number of carbonyl (C=O) groups is 1. The summed E-state index contributed by atoms with van der Waals surface area (Å²) in [6.45, 7) is 6.90. The third kappa shape index (κ3) is 5.85. The molecular formula is C12H14Cl3NO3. The number of alkyl halides is 3. The number of hydrogen-bond acceptors (Lipinski definition) is 4. The van der Waals surface area contributed by atoms with E-state index in [1.54, 1.807) is 33.8 Å². The fraction of sp³-hybridized carbons (Fsp3) is 0.500. The molecule has 0 radical (unpaired) electrons. The molecule has 19 heavy (non-hydrogen) atoms. The van der Waals surface area contributed by atoms with Crippen LogP contribution in [-0.4, -0.2) is 16.7 Å². The van der Waals surface area contributed by atoms with E-state index in [2.05, 4.69) is 4.98 Å². The van der Waals surface area contributed by atoms with Crippen LogP contribution in [0.1, 0.15) is 32.2 Å². The van der Waals surface area contributed by atoms with Crippen LogP contribution >= 0.6 is 34.8 Å². The molecule has 0 bridgehead atoms. The molecule has 0 aliphatic carbocycles. The largest absolute Gasteiger partial charge is 0.514 e. The van der Waals surface area contributed by atoms with E-state index in [9.17, 15) is 4.79 Å². The minimum absolute atomic E-state index is 0.177. The smallest absolute Gasteiger partial charge is 0.428 e. The van der Waals surface area contributed by atoms with Crippen LogP contribution in [-0.2, 0) is 8.53 Å². The first kappa shape index (κ1) is 16.3. The third-order valence-corrected chi connectivity index (χ3v) is 2.39. The molecular weight excluding hydrogens is 312 g/mol. The highest BCUT2D eigenvalue weighted by molar-refractivity contribution is 6.66. The molecule has 0 N–H and O–H groups in total. The van der Waals surface area contributed by atoms with Crippen molar-refractivity contribution in [3.63, 3.8) is 0 Å². The number of aryl methyl sites for hydroxylation is 1. The Balaban J connectivity index is 2.91. The first-order valence-corrected chi connectivity index (χ1v) is 6.57. The van der Waals surface area contributed by atoms with Crippen LogP contribution in [0.5, 0.6) is 5.75 Å². The lowest BCUT2D eigenvalue weighted by molar-refractivity contribution is 0.0206. The van der Waals surface area contributed by atoms with Crippen LogP contribution in [0.25, 0.3) is 0 Å². The zero-order chi connectivity index (χ0) is 14.8. The van der Waals surface area contributed by atoms with Gasteiger partial charge in [0.15, 0.2) is 0 Å². The first-order chi connectivity index (χ1) is 8.47. The SMILES string of the molecule is Cc1cc(OC(=O)OC(C)(C)C)cc(C(Cl)(Cl)Cl)n1. The summed E-state index contributed by atoms with van der Waals surface area (Å²) in [5.41, 5.74) is 0.0930. The molecule has 0 aliphatic heterocycles. The Hall–Kier alpha value is -0.710. The third-order valence-electron chi connectivity index (χ3n) is 1.81. The van der Waals surface area contributed by atoms with Crippen molar-refractivity contribution in [3.8, 4) is 5.75 Å². The average Bonchev–Trinajstić information content (AvgIpc) is 2.11. The van der Waals surface area contributed by atoms with Crippen molar-refractivity contribution in [3.05, 3.63) is 23.5 Å². The number of carbonyl (C=O) groups excluding carboxylic acids is 1. The Morgan fingerprint density at radius 2 is 1.79 bits per heavy atom. The molecule has 4 nitrogen and oxygen atoms in total. The van der Waals surface area contributed by atoms with Gasteiger partial charge in [-0.3, -0.25) is 4.98 Å². The van der Waals surface area contributed by atoms with E-state index >= 15 is 0 Å². The highest BCUT2D eigenvalue weighted by Crippen LogP contribution is 2.38. The number of nitrogens with zero attached hydrogens (tertiary/aromatic N) is 1. The normalized spacial score (nSPS) is 12.2. The Labute approximate surface area is 127 Å². The zero-order valence-corrected chi connectivity index (χ0v) is 13.2. The lowest BCUT2D eigenvalue weighted by Crippen LogP contribution is -2.26. The average molecular weight is 327 g/mol. The Bertz CT molecular complexity index is 478. The Morgan fingerprint density at radius 1 is 1.21 bits per heavy atom. The van der Waals surface area contributed by atoms with Crippen molar-refractivity contribution in [1.29, 1.82) is 0 Å². The summed E-state index contributed by atoms with van der Waals surface area (Å²) in [6.07, 6.45) is -0.826. The summed E-state index contributed by atoms with van der Waals surface area (Å²) >= 11 is 17.2. The van der Waals surface area contributed by atoms with Crippen molar-refractivity contribution >= 4 is 41.0 Å². The van der Waals surface area contributed by atoms with E-state index in [0.29, 0.717) is 5.69 Å². The van der Waals surface area contributed by atoms with Crippen LogP contribution in [0.3, 0.4) is 0 Å². The van der Waals surface area contributed by atoms with Gasteiger partial charge < -0.3 is 9.47 Å². The highest BCUT2D eigenvalue weighted by atomic mass is 35.6. The van der Waals surface area contributed by atoms with Crippen LogP contribution in [0.2, 0.25) is 0 Å². The summed E-state index contributed by atoms with van der Waals surface area (Å²) in [5, 5.41) is 0. The maximum atomic E-state index is 11.5. The van der Waals surface area contributed by atoms with E-state index in [-0.39, 0.29) is 11.4 Å². The Morgan fingerprint density at radius 3 is 2.26 bits per heavy atom. The lowest BCUT2D eigenvalue weighted by atomic mass is 10.2. The highest BCUT2D eigenvalue weighted by Gasteiger charge is 2.26. The minimum Gasteiger partial charge on any atom is -0.428 e. The predicted octanol–water partition coefficient (Wildman–Crippen LogP) is 4.53. The second kappa shape index (κ2) is 5.73. The summed E-state index contributed by atoms with van der Waals surface area (Å²) in [4.78, 5) is 15.6. The number of aromatic nitrogens is 1. The van der Waals surface area contributed by atoms with Gasteiger partial charge in [-0.05, 0) is 27.7 Å². The molecule has 0 saturated heterocycles. The maximum Gasteiger partial charge on any atom is 0.514 e. The molecule has 0 aromatic carbocycles. The van der Waals surface area contributed by atoms with Crippen molar-refractivity contribution in [2.75, 3.05) is 0 Å². The Kier molecular flexibility index (Phi) is 4.93. The molecule has 0 spiro atoms. The van der Waals surface area contributed by atoms with Gasteiger partial charge in [-0.1, -0.05) is 34.8 Å². The van der Waals surface area contributed by atoms with Crippen molar-refractivity contribution in [2.24, 2.45) is 0 Å². The van der Waals surface area contributed by atoms with Gasteiger partial charge in [0, 0.05) is 17.8 Å². The number of ether oxygens (including phenoxy) is 2. The van der Waals surface area contributed by atoms with Crippen molar-refractivity contribution in [1.82, 2.24) is 4.98 Å². The second-order valence-corrected chi connectivity index (χ2v) is 7.17. The van der Waals surface area contributed by atoms with Crippen molar-refractivity contribution in [2.45, 2.75) is 37.1 Å². The summed E-state index contributed by atoms with van der Waals surface area (Å²) in [5.74, 6) is 0.211. The van der Waals surface area contributed by atoms with Gasteiger partial charge in [-0.25, -0.2) is 4.79 Å². The first-order valence-electron chi connectivity index (χ1n) is 5.44. The topological polar surface area (TPSA) is 48.4 Å². The molecule has 1 aromatic rings. The molecule has 0 amide bonds. The molecule has 7 heteroatoms. The van der Waals surface area contributed by atoms with Gasteiger partial charge in [0.2, 0.25) is 3.79 Å². The van der Waals surface area contributed by atoms with E-state index in [0.717, 1.165) is 0 Å². The maximum absolute atomic E-state index is 11.5. The molecule has 1 aromatic heterocycles. The predicted molar refractivity (Wildman–Crippen MR) is 75.1 cm³/mol. The molecule has 0 fully saturated rings. The van der Waals surface area contributed by atoms with Crippen LogP contribution in [0, 0.1) is 6.92 Å². The summed E-state index contributed by atoms with van der Waals surface area (Å²) < 4.78 is 8.37. The molecule has 1 rings (SSSR count). The molecule has 0 unspecified atom stereocenters. The van der Waals surface area contributed by atoms with Crippen LogP contribution in [0.15, 0.2) is 12.1 Å². The van der Waals surface area contributed by atoms with Gasteiger partial charge in [0.1, 0.15) is 11.4 Å². The second-order valence-electron chi connectivity index (χ2n) is 4.89. The van der Waals surface area contributed by atoms with E-state index in [1.807, 2.05) is 0 Å². The standard InChI is InChI=1S/C12H14Cl3NO3/c1-7-5-8(6-9(16-7)12(13,14)15)18-10(17)19-11(2,3)4/h5-6H,1-4H3.